The van der Waals surface area contributed by atoms with Crippen LogP contribution in [0.2, 0.25) is 10.0 Å². The molecule has 2 aromatic carbocycles. The largest absolute Gasteiger partial charge is 0.336 e. The van der Waals surface area contributed by atoms with Gasteiger partial charge < -0.3 is 9.80 Å². The number of carbonyl (C=O) groups is 2. The number of benzene rings is 2. The van der Waals surface area contributed by atoms with Crippen molar-refractivity contribution in [2.24, 2.45) is 0 Å². The van der Waals surface area contributed by atoms with Gasteiger partial charge in [-0.05, 0) is 36.4 Å². The number of rotatable bonds is 4. The Balaban J connectivity index is 1.56. The molecular formula is C22H18Cl2F2N2O2. The molecule has 8 heteroatoms. The Bertz CT molecular complexity index is 894. The maximum Gasteiger partial charge on any atom is 0.246 e. The zero-order valence-corrected chi connectivity index (χ0v) is 17.3. The lowest BCUT2D eigenvalue weighted by atomic mass is 10.2. The topological polar surface area (TPSA) is 40.6 Å². The maximum atomic E-state index is 13.8. The van der Waals surface area contributed by atoms with E-state index >= 15 is 0 Å². The molecule has 30 heavy (non-hydrogen) atoms. The van der Waals surface area contributed by atoms with E-state index in [2.05, 4.69) is 0 Å². The maximum absolute atomic E-state index is 13.8. The molecule has 0 unspecified atom stereocenters. The van der Waals surface area contributed by atoms with Gasteiger partial charge in [0.1, 0.15) is 11.6 Å². The molecule has 0 radical (unpaired) electrons. The number of carbonyl (C=O) groups excluding carboxylic acids is 2. The van der Waals surface area contributed by atoms with E-state index in [9.17, 15) is 18.4 Å². The third-order valence-corrected chi connectivity index (χ3v) is 5.35. The summed E-state index contributed by atoms with van der Waals surface area (Å²) in [4.78, 5) is 27.8. The van der Waals surface area contributed by atoms with Crippen LogP contribution in [0.25, 0.3) is 12.2 Å². The zero-order valence-electron chi connectivity index (χ0n) is 15.8. The Morgan fingerprint density at radius 2 is 1.10 bits per heavy atom. The molecule has 1 aliphatic rings. The summed E-state index contributed by atoms with van der Waals surface area (Å²) in [5.41, 5.74) is 0.302. The Hall–Kier alpha value is -2.70. The molecule has 1 fully saturated rings. The second kappa shape index (κ2) is 9.87. The number of halogens is 4. The fraction of sp³-hybridized carbons (Fsp3) is 0.182. The highest BCUT2D eigenvalue weighted by atomic mass is 35.5. The number of piperazine rings is 1. The van der Waals surface area contributed by atoms with E-state index in [0.29, 0.717) is 26.2 Å². The van der Waals surface area contributed by atoms with Gasteiger partial charge in [-0.3, -0.25) is 9.59 Å². The molecule has 0 atom stereocenters. The number of hydrogen-bond acceptors (Lipinski definition) is 2. The first kappa shape index (κ1) is 22.0. The molecule has 0 aliphatic carbocycles. The van der Waals surface area contributed by atoms with Gasteiger partial charge in [-0.25, -0.2) is 8.78 Å². The third-order valence-electron chi connectivity index (χ3n) is 4.69. The van der Waals surface area contributed by atoms with Crippen molar-refractivity contribution in [1.82, 2.24) is 9.80 Å². The van der Waals surface area contributed by atoms with Crippen LogP contribution in [0.1, 0.15) is 11.1 Å². The van der Waals surface area contributed by atoms with Crippen LogP contribution in [0.15, 0.2) is 48.6 Å². The molecule has 0 saturated carbocycles. The van der Waals surface area contributed by atoms with Crippen LogP contribution >= 0.6 is 23.2 Å². The Morgan fingerprint density at radius 3 is 1.43 bits per heavy atom. The van der Waals surface area contributed by atoms with Gasteiger partial charge in [0.2, 0.25) is 11.8 Å². The average Bonchev–Trinajstić information content (AvgIpc) is 2.73. The predicted molar refractivity (Wildman–Crippen MR) is 114 cm³/mol. The van der Waals surface area contributed by atoms with Gasteiger partial charge >= 0.3 is 0 Å². The highest BCUT2D eigenvalue weighted by Crippen LogP contribution is 2.21. The van der Waals surface area contributed by atoms with Crippen molar-refractivity contribution in [3.05, 3.63) is 81.4 Å². The fourth-order valence-electron chi connectivity index (χ4n) is 3.01. The van der Waals surface area contributed by atoms with Crippen molar-refractivity contribution in [3.8, 4) is 0 Å². The first-order valence-corrected chi connectivity index (χ1v) is 9.94. The lowest BCUT2D eigenvalue weighted by Crippen LogP contribution is -2.49. The second-order valence-electron chi connectivity index (χ2n) is 6.59. The molecule has 0 aromatic heterocycles. The fourth-order valence-corrected chi connectivity index (χ4v) is 3.46. The SMILES string of the molecule is O=C(C=Cc1c(F)cccc1Cl)N1CCN(C(=O)C=Cc2c(F)cccc2Cl)CC1. The third kappa shape index (κ3) is 5.26. The van der Waals surface area contributed by atoms with Crippen molar-refractivity contribution in [3.63, 3.8) is 0 Å². The summed E-state index contributed by atoms with van der Waals surface area (Å²) in [5.74, 6) is -1.61. The molecular weight excluding hydrogens is 433 g/mol. The standard InChI is InChI=1S/C22H18Cl2F2N2O2/c23-17-3-1-5-19(25)15(17)7-9-21(29)27-11-13-28(14-12-27)22(30)10-8-16-18(24)4-2-6-20(16)26/h1-10H,11-14H2. The zero-order chi connectivity index (χ0) is 21.7. The normalized spacial score (nSPS) is 14.7. The number of hydrogen-bond donors (Lipinski definition) is 0. The van der Waals surface area contributed by atoms with Crippen LogP contribution in [0, 0.1) is 11.6 Å². The Labute approximate surface area is 183 Å². The molecule has 1 heterocycles. The number of amides is 2. The van der Waals surface area contributed by atoms with Crippen LogP contribution in [0.3, 0.4) is 0 Å². The van der Waals surface area contributed by atoms with Gasteiger partial charge in [0.05, 0.1) is 10.0 Å². The molecule has 1 saturated heterocycles. The van der Waals surface area contributed by atoms with E-state index in [1.807, 2.05) is 0 Å². The predicted octanol–water partition coefficient (Wildman–Crippen LogP) is 4.67. The van der Waals surface area contributed by atoms with E-state index in [-0.39, 0.29) is 33.0 Å². The molecule has 0 bridgehead atoms. The molecule has 1 aliphatic heterocycles. The summed E-state index contributed by atoms with van der Waals surface area (Å²) in [6, 6.07) is 8.59. The molecule has 2 aromatic rings. The summed E-state index contributed by atoms with van der Waals surface area (Å²) >= 11 is 11.9. The molecule has 4 nitrogen and oxygen atoms in total. The second-order valence-corrected chi connectivity index (χ2v) is 7.40. The first-order chi connectivity index (χ1) is 14.4. The minimum absolute atomic E-state index is 0.151. The summed E-state index contributed by atoms with van der Waals surface area (Å²) in [6.45, 7) is 1.31. The lowest BCUT2D eigenvalue weighted by Gasteiger charge is -2.33. The van der Waals surface area contributed by atoms with Gasteiger partial charge in [-0.1, -0.05) is 35.3 Å². The smallest absolute Gasteiger partial charge is 0.246 e. The van der Waals surface area contributed by atoms with Crippen molar-refractivity contribution < 1.29 is 18.4 Å². The van der Waals surface area contributed by atoms with E-state index in [0.717, 1.165) is 0 Å². The lowest BCUT2D eigenvalue weighted by molar-refractivity contribution is -0.133. The minimum atomic E-state index is -0.510. The number of nitrogens with zero attached hydrogens (tertiary/aromatic N) is 2. The van der Waals surface area contributed by atoms with E-state index in [1.165, 1.54) is 48.6 Å². The molecule has 0 N–H and O–H groups in total. The molecule has 3 rings (SSSR count). The summed E-state index contributed by atoms with van der Waals surface area (Å²) in [5, 5.41) is 0.437. The van der Waals surface area contributed by atoms with Crippen LogP contribution in [0.5, 0.6) is 0 Å². The summed E-state index contributed by atoms with van der Waals surface area (Å²) in [7, 11) is 0. The molecule has 0 spiro atoms. The van der Waals surface area contributed by atoms with Crippen LogP contribution in [-0.2, 0) is 9.59 Å². The van der Waals surface area contributed by atoms with Crippen LogP contribution in [-0.4, -0.2) is 47.8 Å². The monoisotopic (exact) mass is 450 g/mol. The molecule has 156 valence electrons. The summed E-state index contributed by atoms with van der Waals surface area (Å²) < 4.78 is 27.6. The van der Waals surface area contributed by atoms with Gasteiger partial charge in [0.25, 0.3) is 0 Å². The van der Waals surface area contributed by atoms with Crippen LogP contribution in [0.4, 0.5) is 8.78 Å². The van der Waals surface area contributed by atoms with Crippen molar-refractivity contribution in [2.45, 2.75) is 0 Å². The van der Waals surface area contributed by atoms with E-state index in [1.54, 1.807) is 21.9 Å². The van der Waals surface area contributed by atoms with Gasteiger partial charge in [0, 0.05) is 49.5 Å². The van der Waals surface area contributed by atoms with Gasteiger partial charge in [-0.15, -0.1) is 0 Å². The first-order valence-electron chi connectivity index (χ1n) is 9.19. The van der Waals surface area contributed by atoms with Crippen molar-refractivity contribution in [1.29, 1.82) is 0 Å². The molecule has 2 amide bonds. The summed E-state index contributed by atoms with van der Waals surface area (Å²) in [6.07, 6.45) is 5.22. The minimum Gasteiger partial charge on any atom is -0.336 e. The Kier molecular flexibility index (Phi) is 7.24. The average molecular weight is 451 g/mol. The van der Waals surface area contributed by atoms with Gasteiger partial charge in [-0.2, -0.15) is 0 Å². The van der Waals surface area contributed by atoms with E-state index in [4.69, 9.17) is 23.2 Å². The highest BCUT2D eigenvalue weighted by Gasteiger charge is 2.22. The highest BCUT2D eigenvalue weighted by molar-refractivity contribution is 6.32. The van der Waals surface area contributed by atoms with Crippen molar-refractivity contribution in [2.75, 3.05) is 26.2 Å². The van der Waals surface area contributed by atoms with Gasteiger partial charge in [0.15, 0.2) is 0 Å². The Morgan fingerprint density at radius 1 is 0.733 bits per heavy atom. The van der Waals surface area contributed by atoms with E-state index < -0.39 is 11.6 Å². The quantitative estimate of drug-likeness (QED) is 0.635. The van der Waals surface area contributed by atoms with Crippen LogP contribution < -0.4 is 0 Å². The van der Waals surface area contributed by atoms with Crippen molar-refractivity contribution >= 4 is 47.2 Å².